The van der Waals surface area contributed by atoms with Crippen LogP contribution in [0.2, 0.25) is 0 Å². The van der Waals surface area contributed by atoms with Crippen LogP contribution in [-0.4, -0.2) is 58.3 Å². The molecule has 9 nitrogen and oxygen atoms in total. The quantitative estimate of drug-likeness (QED) is 0.410. The molecule has 1 N–H and O–H groups in total. The first-order chi connectivity index (χ1) is 18.6. The average Bonchev–Trinajstić information content (AvgIpc) is 3.27. The van der Waals surface area contributed by atoms with E-state index in [1.54, 1.807) is 7.11 Å². The lowest BCUT2D eigenvalue weighted by molar-refractivity contribution is -0.128. The van der Waals surface area contributed by atoms with E-state index >= 15 is 0 Å². The Morgan fingerprint density at radius 1 is 0.895 bits per heavy atom. The standard InChI is InChI=1S/C29H34N6O3/c1-38-25-11-8-22(9-12-25)18-30-29-32-26(31-27(33-29)20-35-19-24(36)17-28(35)37)13-10-21-6-5-7-23(16-21)34-14-3-2-4-15-34/h5-9,11-12,16H,2-4,10,13-15,17-20H2,1H3,(H,30,31,32,33). The van der Waals surface area contributed by atoms with Gasteiger partial charge in [-0.05, 0) is 61.1 Å². The largest absolute Gasteiger partial charge is 0.497 e. The number of Topliss-reactive ketones (excluding diaryl/α,β-unsaturated/α-hetero) is 1. The number of carbonyl (C=O) groups excluding carboxylic acids is 2. The van der Waals surface area contributed by atoms with Gasteiger partial charge in [0.05, 0.1) is 26.6 Å². The Morgan fingerprint density at radius 2 is 1.68 bits per heavy atom. The first-order valence-corrected chi connectivity index (χ1v) is 13.3. The molecule has 0 bridgehead atoms. The molecule has 0 radical (unpaired) electrons. The Morgan fingerprint density at radius 3 is 2.42 bits per heavy atom. The molecule has 2 aliphatic rings. The van der Waals surface area contributed by atoms with Crippen LogP contribution < -0.4 is 15.0 Å². The minimum Gasteiger partial charge on any atom is -0.497 e. The van der Waals surface area contributed by atoms with Crippen LogP contribution in [0.4, 0.5) is 11.6 Å². The van der Waals surface area contributed by atoms with Gasteiger partial charge in [0.25, 0.3) is 0 Å². The predicted octanol–water partition coefficient (Wildman–Crippen LogP) is 3.57. The maximum absolute atomic E-state index is 12.2. The zero-order chi connectivity index (χ0) is 26.3. The van der Waals surface area contributed by atoms with Crippen molar-refractivity contribution in [2.75, 3.05) is 37.0 Å². The van der Waals surface area contributed by atoms with Crippen LogP contribution in [0.1, 0.15) is 48.5 Å². The Labute approximate surface area is 223 Å². The monoisotopic (exact) mass is 514 g/mol. The number of carbonyl (C=O) groups is 2. The van der Waals surface area contributed by atoms with Gasteiger partial charge in [0.15, 0.2) is 11.6 Å². The molecule has 5 rings (SSSR count). The first kappa shape index (κ1) is 25.6. The van der Waals surface area contributed by atoms with Gasteiger partial charge in [-0.1, -0.05) is 24.3 Å². The number of nitrogens with zero attached hydrogens (tertiary/aromatic N) is 5. The van der Waals surface area contributed by atoms with Crippen LogP contribution in [0.3, 0.4) is 0 Å². The smallest absolute Gasteiger partial charge is 0.230 e. The third-order valence-electron chi connectivity index (χ3n) is 7.01. The number of benzene rings is 2. The van der Waals surface area contributed by atoms with Crippen LogP contribution in [0, 0.1) is 0 Å². The third kappa shape index (κ3) is 6.65. The van der Waals surface area contributed by atoms with Gasteiger partial charge in [-0.25, -0.2) is 4.98 Å². The topological polar surface area (TPSA) is 101 Å². The zero-order valence-electron chi connectivity index (χ0n) is 21.9. The fraction of sp³-hybridized carbons (Fsp3) is 0.414. The normalized spacial score (nSPS) is 15.7. The maximum atomic E-state index is 12.2. The molecule has 0 spiro atoms. The van der Waals surface area contributed by atoms with Crippen molar-refractivity contribution in [2.24, 2.45) is 0 Å². The second-order valence-electron chi connectivity index (χ2n) is 9.88. The molecule has 0 atom stereocenters. The number of piperidine rings is 1. The van der Waals surface area contributed by atoms with Gasteiger partial charge in [0.1, 0.15) is 11.6 Å². The Kier molecular flexibility index (Phi) is 8.11. The number of methoxy groups -OCH3 is 1. The Bertz CT molecular complexity index is 1270. The number of ether oxygens (including phenoxy) is 1. The summed E-state index contributed by atoms with van der Waals surface area (Å²) in [6.45, 7) is 3.06. The van der Waals surface area contributed by atoms with Crippen molar-refractivity contribution in [3.8, 4) is 5.75 Å². The lowest BCUT2D eigenvalue weighted by atomic mass is 10.1. The third-order valence-corrected chi connectivity index (χ3v) is 7.01. The molecule has 198 valence electrons. The van der Waals surface area contributed by atoms with Gasteiger partial charge < -0.3 is 19.9 Å². The molecule has 3 aromatic rings. The summed E-state index contributed by atoms with van der Waals surface area (Å²) in [5.74, 6) is 2.15. The number of likely N-dealkylation sites (tertiary alicyclic amines) is 1. The van der Waals surface area contributed by atoms with Crippen molar-refractivity contribution in [3.63, 3.8) is 0 Å². The van der Waals surface area contributed by atoms with E-state index in [2.05, 4.69) is 49.4 Å². The summed E-state index contributed by atoms with van der Waals surface area (Å²) >= 11 is 0. The molecule has 2 aromatic carbocycles. The highest BCUT2D eigenvalue weighted by Crippen LogP contribution is 2.22. The first-order valence-electron chi connectivity index (χ1n) is 13.3. The molecular weight excluding hydrogens is 480 g/mol. The van der Waals surface area contributed by atoms with Crippen molar-refractivity contribution < 1.29 is 14.3 Å². The number of amides is 1. The summed E-state index contributed by atoms with van der Waals surface area (Å²) < 4.78 is 5.24. The summed E-state index contributed by atoms with van der Waals surface area (Å²) in [4.78, 5) is 41.8. The molecule has 2 saturated heterocycles. The highest BCUT2D eigenvalue weighted by Gasteiger charge is 2.28. The minimum atomic E-state index is -0.181. The summed E-state index contributed by atoms with van der Waals surface area (Å²) in [5, 5.41) is 3.29. The van der Waals surface area contributed by atoms with Crippen LogP contribution in [-0.2, 0) is 35.5 Å². The molecule has 2 aliphatic heterocycles. The zero-order valence-corrected chi connectivity index (χ0v) is 21.9. The maximum Gasteiger partial charge on any atom is 0.230 e. The average molecular weight is 515 g/mol. The second-order valence-corrected chi connectivity index (χ2v) is 9.88. The highest BCUT2D eigenvalue weighted by molar-refractivity contribution is 6.05. The molecule has 0 aliphatic carbocycles. The molecule has 2 fully saturated rings. The van der Waals surface area contributed by atoms with Crippen molar-refractivity contribution in [3.05, 3.63) is 71.3 Å². The molecule has 3 heterocycles. The van der Waals surface area contributed by atoms with Crippen molar-refractivity contribution in [2.45, 2.75) is 51.6 Å². The van der Waals surface area contributed by atoms with E-state index in [9.17, 15) is 9.59 Å². The van der Waals surface area contributed by atoms with E-state index < -0.39 is 0 Å². The van der Waals surface area contributed by atoms with Gasteiger partial charge in [0.2, 0.25) is 11.9 Å². The van der Waals surface area contributed by atoms with Gasteiger partial charge in [-0.15, -0.1) is 0 Å². The summed E-state index contributed by atoms with van der Waals surface area (Å²) in [6, 6.07) is 16.5. The van der Waals surface area contributed by atoms with Gasteiger partial charge >= 0.3 is 0 Å². The van der Waals surface area contributed by atoms with Crippen LogP contribution in [0.25, 0.3) is 0 Å². The fourth-order valence-corrected chi connectivity index (χ4v) is 4.92. The van der Waals surface area contributed by atoms with E-state index in [1.165, 1.54) is 35.4 Å². The molecule has 9 heteroatoms. The number of hydrogen-bond acceptors (Lipinski definition) is 8. The number of aryl methyl sites for hydroxylation is 2. The fourth-order valence-electron chi connectivity index (χ4n) is 4.92. The molecule has 1 aromatic heterocycles. The van der Waals surface area contributed by atoms with E-state index in [0.29, 0.717) is 30.6 Å². The highest BCUT2D eigenvalue weighted by atomic mass is 16.5. The lowest BCUT2D eigenvalue weighted by Gasteiger charge is -2.29. The summed E-state index contributed by atoms with van der Waals surface area (Å²) in [5.41, 5.74) is 3.57. The number of hydrogen-bond donors (Lipinski definition) is 1. The Hall–Kier alpha value is -4.01. The number of nitrogens with one attached hydrogen (secondary N) is 1. The molecule has 0 unspecified atom stereocenters. The van der Waals surface area contributed by atoms with Crippen molar-refractivity contribution in [1.82, 2.24) is 19.9 Å². The Balaban J connectivity index is 1.30. The van der Waals surface area contributed by atoms with Gasteiger partial charge in [-0.2, -0.15) is 9.97 Å². The van der Waals surface area contributed by atoms with E-state index in [0.717, 1.165) is 30.8 Å². The molecule has 38 heavy (non-hydrogen) atoms. The number of anilines is 2. The van der Waals surface area contributed by atoms with E-state index in [4.69, 9.17) is 4.74 Å². The molecule has 0 saturated carbocycles. The van der Waals surface area contributed by atoms with Crippen LogP contribution in [0.5, 0.6) is 5.75 Å². The molecular formula is C29H34N6O3. The SMILES string of the molecule is COc1ccc(CNc2nc(CCc3cccc(N4CCCCC4)c3)nc(CN3CC(=O)CC3=O)n2)cc1. The summed E-state index contributed by atoms with van der Waals surface area (Å²) in [7, 11) is 1.64. The minimum absolute atomic E-state index is 0.0477. The van der Waals surface area contributed by atoms with Gasteiger partial charge in [-0.3, -0.25) is 9.59 Å². The van der Waals surface area contributed by atoms with Crippen molar-refractivity contribution >= 4 is 23.3 Å². The number of ketones is 1. The van der Waals surface area contributed by atoms with Crippen molar-refractivity contribution in [1.29, 1.82) is 0 Å². The summed E-state index contributed by atoms with van der Waals surface area (Å²) in [6.07, 6.45) is 5.19. The van der Waals surface area contributed by atoms with Gasteiger partial charge in [0, 0.05) is 31.7 Å². The van der Waals surface area contributed by atoms with Crippen LogP contribution >= 0.6 is 0 Å². The lowest BCUT2D eigenvalue weighted by Crippen LogP contribution is -2.29. The molecule has 1 amide bonds. The second kappa shape index (κ2) is 12.0. The number of rotatable bonds is 10. The van der Waals surface area contributed by atoms with Crippen LogP contribution in [0.15, 0.2) is 48.5 Å². The van der Waals surface area contributed by atoms with E-state index in [-0.39, 0.29) is 31.2 Å². The number of aromatic nitrogens is 3. The van der Waals surface area contributed by atoms with E-state index in [1.807, 2.05) is 24.3 Å². The predicted molar refractivity (Wildman–Crippen MR) is 145 cm³/mol.